The summed E-state index contributed by atoms with van der Waals surface area (Å²) in [7, 11) is 1.88. The second-order valence-electron chi connectivity index (χ2n) is 6.90. The predicted octanol–water partition coefficient (Wildman–Crippen LogP) is 3.22. The second kappa shape index (κ2) is 11.5. The zero-order chi connectivity index (χ0) is 14.9. The molecule has 1 aliphatic heterocycles. The van der Waals surface area contributed by atoms with Gasteiger partial charge in [-0.2, -0.15) is 0 Å². The van der Waals surface area contributed by atoms with E-state index < -0.39 is 0 Å². The van der Waals surface area contributed by atoms with E-state index in [9.17, 15) is 0 Å². The SMILES string of the molecule is CN=C(NCC(C)CN1CCCCC1)NC1CCCCC1.I. The molecule has 5 heteroatoms. The van der Waals surface area contributed by atoms with Crippen LogP contribution in [-0.2, 0) is 0 Å². The van der Waals surface area contributed by atoms with Gasteiger partial charge in [0.15, 0.2) is 5.96 Å². The van der Waals surface area contributed by atoms with Crippen LogP contribution in [0, 0.1) is 5.92 Å². The van der Waals surface area contributed by atoms with Crippen LogP contribution in [0.5, 0.6) is 0 Å². The summed E-state index contributed by atoms with van der Waals surface area (Å²) >= 11 is 0. The van der Waals surface area contributed by atoms with E-state index >= 15 is 0 Å². The van der Waals surface area contributed by atoms with Gasteiger partial charge in [-0.15, -0.1) is 24.0 Å². The Balaban J connectivity index is 0.00000242. The molecule has 1 saturated heterocycles. The quantitative estimate of drug-likeness (QED) is 0.406. The van der Waals surface area contributed by atoms with Crippen LogP contribution in [0.2, 0.25) is 0 Å². The van der Waals surface area contributed by atoms with Gasteiger partial charge in [-0.25, -0.2) is 0 Å². The first-order valence-corrected chi connectivity index (χ1v) is 8.97. The third-order valence-corrected chi connectivity index (χ3v) is 4.81. The number of hydrogen-bond acceptors (Lipinski definition) is 2. The maximum absolute atomic E-state index is 4.38. The van der Waals surface area contributed by atoms with Gasteiger partial charge in [0.1, 0.15) is 0 Å². The molecule has 1 heterocycles. The van der Waals surface area contributed by atoms with Crippen molar-refractivity contribution in [3.8, 4) is 0 Å². The Kier molecular flexibility index (Phi) is 10.4. The lowest BCUT2D eigenvalue weighted by Crippen LogP contribution is -2.46. The second-order valence-corrected chi connectivity index (χ2v) is 6.90. The van der Waals surface area contributed by atoms with Crippen LogP contribution in [0.3, 0.4) is 0 Å². The van der Waals surface area contributed by atoms with Crippen LogP contribution in [0.25, 0.3) is 0 Å². The molecule has 0 aromatic carbocycles. The lowest BCUT2D eigenvalue weighted by atomic mass is 9.96. The maximum atomic E-state index is 4.38. The molecule has 0 aromatic rings. The molecular weight excluding hydrogens is 387 g/mol. The zero-order valence-corrected chi connectivity index (χ0v) is 16.8. The summed E-state index contributed by atoms with van der Waals surface area (Å²) in [4.78, 5) is 7.00. The largest absolute Gasteiger partial charge is 0.356 e. The summed E-state index contributed by atoms with van der Waals surface area (Å²) in [5.74, 6) is 1.67. The third kappa shape index (κ3) is 7.49. The number of nitrogens with one attached hydrogen (secondary N) is 2. The highest BCUT2D eigenvalue weighted by Crippen LogP contribution is 2.17. The van der Waals surface area contributed by atoms with Gasteiger partial charge < -0.3 is 15.5 Å². The Morgan fingerprint density at radius 3 is 2.36 bits per heavy atom. The molecule has 2 N–H and O–H groups in total. The molecule has 130 valence electrons. The van der Waals surface area contributed by atoms with Crippen molar-refractivity contribution in [3.05, 3.63) is 0 Å². The molecule has 4 nitrogen and oxygen atoms in total. The normalized spacial score (nSPS) is 22.7. The van der Waals surface area contributed by atoms with E-state index in [1.807, 2.05) is 7.05 Å². The van der Waals surface area contributed by atoms with Crippen molar-refractivity contribution in [3.63, 3.8) is 0 Å². The summed E-state index contributed by atoms with van der Waals surface area (Å²) in [6.07, 6.45) is 10.9. The first-order chi connectivity index (χ1) is 10.3. The average Bonchev–Trinajstić information content (AvgIpc) is 2.53. The predicted molar refractivity (Wildman–Crippen MR) is 106 cm³/mol. The number of aliphatic imine (C=N–C) groups is 1. The van der Waals surface area contributed by atoms with E-state index in [0.29, 0.717) is 12.0 Å². The van der Waals surface area contributed by atoms with E-state index in [1.54, 1.807) is 0 Å². The summed E-state index contributed by atoms with van der Waals surface area (Å²) in [6, 6.07) is 0.627. The summed E-state index contributed by atoms with van der Waals surface area (Å²) in [6.45, 7) is 7.16. The minimum absolute atomic E-state index is 0. The monoisotopic (exact) mass is 422 g/mol. The highest BCUT2D eigenvalue weighted by Gasteiger charge is 2.16. The first-order valence-electron chi connectivity index (χ1n) is 8.97. The Morgan fingerprint density at radius 2 is 1.73 bits per heavy atom. The topological polar surface area (TPSA) is 39.7 Å². The van der Waals surface area contributed by atoms with Crippen LogP contribution in [0.15, 0.2) is 4.99 Å². The van der Waals surface area contributed by atoms with E-state index in [-0.39, 0.29) is 24.0 Å². The van der Waals surface area contributed by atoms with E-state index in [1.165, 1.54) is 71.0 Å². The Hall–Kier alpha value is -0.0400. The molecule has 1 saturated carbocycles. The third-order valence-electron chi connectivity index (χ3n) is 4.81. The average molecular weight is 422 g/mol. The number of piperidine rings is 1. The standard InChI is InChI=1S/C17H34N4.HI/c1-15(14-21-11-7-4-8-12-21)13-19-17(18-2)20-16-9-5-3-6-10-16;/h15-16H,3-14H2,1-2H3,(H2,18,19,20);1H. The number of likely N-dealkylation sites (tertiary alicyclic amines) is 1. The van der Waals surface area contributed by atoms with Crippen molar-refractivity contribution in [1.29, 1.82) is 0 Å². The highest BCUT2D eigenvalue weighted by atomic mass is 127. The molecule has 0 aromatic heterocycles. The summed E-state index contributed by atoms with van der Waals surface area (Å²) < 4.78 is 0. The maximum Gasteiger partial charge on any atom is 0.191 e. The van der Waals surface area contributed by atoms with Crippen molar-refractivity contribution in [2.75, 3.05) is 33.2 Å². The van der Waals surface area contributed by atoms with Gasteiger partial charge in [0, 0.05) is 26.2 Å². The fourth-order valence-electron chi connectivity index (χ4n) is 3.55. The van der Waals surface area contributed by atoms with E-state index in [0.717, 1.165) is 12.5 Å². The van der Waals surface area contributed by atoms with E-state index in [2.05, 4.69) is 27.4 Å². The van der Waals surface area contributed by atoms with Crippen molar-refractivity contribution in [2.45, 2.75) is 64.3 Å². The van der Waals surface area contributed by atoms with Crippen LogP contribution >= 0.6 is 24.0 Å². The van der Waals surface area contributed by atoms with Gasteiger partial charge in [0.05, 0.1) is 0 Å². The molecule has 0 amide bonds. The van der Waals surface area contributed by atoms with Gasteiger partial charge in [-0.1, -0.05) is 32.6 Å². The van der Waals surface area contributed by atoms with Gasteiger partial charge >= 0.3 is 0 Å². The highest BCUT2D eigenvalue weighted by molar-refractivity contribution is 14.0. The van der Waals surface area contributed by atoms with Gasteiger partial charge in [0.2, 0.25) is 0 Å². The molecule has 1 atom stereocenters. The van der Waals surface area contributed by atoms with E-state index in [4.69, 9.17) is 0 Å². The summed E-state index contributed by atoms with van der Waals surface area (Å²) in [5, 5.41) is 7.11. The molecule has 0 spiro atoms. The van der Waals surface area contributed by atoms with Crippen LogP contribution < -0.4 is 10.6 Å². The fourth-order valence-corrected chi connectivity index (χ4v) is 3.55. The van der Waals surface area contributed by atoms with Crippen LogP contribution in [0.1, 0.15) is 58.3 Å². The number of nitrogens with zero attached hydrogens (tertiary/aromatic N) is 2. The Bertz CT molecular complexity index is 310. The van der Waals surface area contributed by atoms with Crippen molar-refractivity contribution in [1.82, 2.24) is 15.5 Å². The smallest absolute Gasteiger partial charge is 0.191 e. The molecular formula is C17H35IN4. The number of guanidine groups is 1. The van der Waals surface area contributed by atoms with Crippen molar-refractivity contribution in [2.24, 2.45) is 10.9 Å². The Morgan fingerprint density at radius 1 is 1.09 bits per heavy atom. The molecule has 22 heavy (non-hydrogen) atoms. The summed E-state index contributed by atoms with van der Waals surface area (Å²) in [5.41, 5.74) is 0. The van der Waals surface area contributed by atoms with Gasteiger partial charge in [-0.3, -0.25) is 4.99 Å². The minimum Gasteiger partial charge on any atom is -0.356 e. The Labute approximate surface area is 153 Å². The van der Waals surface area contributed by atoms with Gasteiger partial charge in [0.25, 0.3) is 0 Å². The molecule has 2 aliphatic rings. The molecule has 0 radical (unpaired) electrons. The van der Waals surface area contributed by atoms with Crippen LogP contribution in [0.4, 0.5) is 0 Å². The number of halogens is 1. The minimum atomic E-state index is 0. The molecule has 1 unspecified atom stereocenters. The zero-order valence-electron chi connectivity index (χ0n) is 14.4. The van der Waals surface area contributed by atoms with Crippen LogP contribution in [-0.4, -0.2) is 50.1 Å². The van der Waals surface area contributed by atoms with Crippen molar-refractivity contribution < 1.29 is 0 Å². The molecule has 2 rings (SSSR count). The van der Waals surface area contributed by atoms with Gasteiger partial charge in [-0.05, 0) is 44.7 Å². The lowest BCUT2D eigenvalue weighted by molar-refractivity contribution is 0.201. The molecule has 2 fully saturated rings. The molecule has 0 bridgehead atoms. The number of hydrogen-bond donors (Lipinski definition) is 2. The first kappa shape index (κ1) is 20.0. The van der Waals surface area contributed by atoms with Crippen molar-refractivity contribution >= 4 is 29.9 Å². The fraction of sp³-hybridized carbons (Fsp3) is 0.941. The number of rotatable bonds is 5. The lowest BCUT2D eigenvalue weighted by Gasteiger charge is -2.30. The molecule has 1 aliphatic carbocycles.